The van der Waals surface area contributed by atoms with Crippen molar-refractivity contribution in [2.45, 2.75) is 25.3 Å². The van der Waals surface area contributed by atoms with E-state index in [9.17, 15) is 9.59 Å². The molecular weight excluding hydrogens is 372 g/mol. The average Bonchev–Trinajstić information content (AvgIpc) is 2.71. The van der Waals surface area contributed by atoms with Crippen molar-refractivity contribution in [3.05, 3.63) is 59.7 Å². The Kier molecular flexibility index (Phi) is 8.39. The van der Waals surface area contributed by atoms with E-state index in [1.165, 1.54) is 11.8 Å². The molecule has 0 radical (unpaired) electrons. The minimum absolute atomic E-state index is 0.0262. The van der Waals surface area contributed by atoms with Gasteiger partial charge in [0.1, 0.15) is 5.75 Å². The van der Waals surface area contributed by atoms with Gasteiger partial charge in [-0.2, -0.15) is 0 Å². The molecule has 6 heteroatoms. The summed E-state index contributed by atoms with van der Waals surface area (Å²) < 4.78 is 5.44. The number of carbonyl (C=O) groups is 2. The van der Waals surface area contributed by atoms with Gasteiger partial charge in [0.15, 0.2) is 0 Å². The first-order valence-electron chi connectivity index (χ1n) is 9.38. The van der Waals surface area contributed by atoms with E-state index in [0.717, 1.165) is 16.2 Å². The zero-order chi connectivity index (χ0) is 20.5. The summed E-state index contributed by atoms with van der Waals surface area (Å²) in [4.78, 5) is 29.0. The Bertz CT molecular complexity index is 773. The lowest BCUT2D eigenvalue weighted by molar-refractivity contribution is -0.128. The summed E-state index contributed by atoms with van der Waals surface area (Å²) in [5.41, 5.74) is 1.66. The molecule has 0 unspecified atom stereocenters. The monoisotopic (exact) mass is 400 g/mol. The lowest BCUT2D eigenvalue weighted by atomic mass is 10.1. The van der Waals surface area contributed by atoms with Gasteiger partial charge in [-0.3, -0.25) is 9.59 Å². The second-order valence-electron chi connectivity index (χ2n) is 6.50. The van der Waals surface area contributed by atoms with Crippen LogP contribution in [0.4, 0.5) is 0 Å². The Hall–Kier alpha value is -2.47. The van der Waals surface area contributed by atoms with Crippen LogP contribution in [-0.2, 0) is 11.3 Å². The molecule has 0 bridgehead atoms. The van der Waals surface area contributed by atoms with E-state index in [2.05, 4.69) is 0 Å². The fraction of sp³-hybridized carbons (Fsp3) is 0.364. The van der Waals surface area contributed by atoms with Gasteiger partial charge in [0.25, 0.3) is 5.91 Å². The highest BCUT2D eigenvalue weighted by molar-refractivity contribution is 8.00. The van der Waals surface area contributed by atoms with Crippen molar-refractivity contribution >= 4 is 23.6 Å². The Morgan fingerprint density at radius 3 is 2.14 bits per heavy atom. The Morgan fingerprint density at radius 2 is 1.61 bits per heavy atom. The summed E-state index contributed by atoms with van der Waals surface area (Å²) >= 11 is 1.52. The summed E-state index contributed by atoms with van der Waals surface area (Å²) in [5.74, 6) is 1.29. The van der Waals surface area contributed by atoms with Crippen molar-refractivity contribution in [3.63, 3.8) is 0 Å². The molecule has 2 aromatic rings. The summed E-state index contributed by atoms with van der Waals surface area (Å²) in [6, 6.07) is 15.2. The molecule has 0 aliphatic rings. The van der Waals surface area contributed by atoms with E-state index >= 15 is 0 Å². The summed E-state index contributed by atoms with van der Waals surface area (Å²) in [7, 11) is 3.46. The normalized spacial score (nSPS) is 10.4. The molecule has 0 aliphatic heterocycles. The number of rotatable bonds is 9. The maximum atomic E-state index is 12.6. The molecule has 2 aromatic carbocycles. The summed E-state index contributed by atoms with van der Waals surface area (Å²) in [6.45, 7) is 5.75. The maximum absolute atomic E-state index is 12.6. The predicted octanol–water partition coefficient (Wildman–Crippen LogP) is 3.93. The van der Waals surface area contributed by atoms with Crippen LogP contribution < -0.4 is 4.74 Å². The van der Waals surface area contributed by atoms with Gasteiger partial charge in [-0.05, 0) is 55.8 Å². The third-order valence-corrected chi connectivity index (χ3v) is 5.21. The third kappa shape index (κ3) is 6.30. The van der Waals surface area contributed by atoms with E-state index in [1.54, 1.807) is 19.0 Å². The highest BCUT2D eigenvalue weighted by Crippen LogP contribution is 2.22. The zero-order valence-electron chi connectivity index (χ0n) is 17.0. The van der Waals surface area contributed by atoms with Gasteiger partial charge >= 0.3 is 0 Å². The van der Waals surface area contributed by atoms with Crippen LogP contribution >= 0.6 is 11.8 Å². The van der Waals surface area contributed by atoms with Crippen LogP contribution in [-0.4, -0.2) is 54.6 Å². The molecule has 0 saturated carbocycles. The van der Waals surface area contributed by atoms with Crippen molar-refractivity contribution in [1.29, 1.82) is 0 Å². The largest absolute Gasteiger partial charge is 0.494 e. The fourth-order valence-electron chi connectivity index (χ4n) is 2.64. The fourth-order valence-corrected chi connectivity index (χ4v) is 3.44. The molecule has 2 amide bonds. The minimum atomic E-state index is -0.0262. The van der Waals surface area contributed by atoms with E-state index in [1.807, 2.05) is 67.3 Å². The first kappa shape index (κ1) is 21.8. The molecule has 0 aliphatic carbocycles. The number of nitrogens with zero attached hydrogens (tertiary/aromatic N) is 2. The second kappa shape index (κ2) is 10.8. The standard InChI is InChI=1S/C22H28N2O3S/c1-5-24(15-17-7-9-18(10-8-17)22(26)23(3)4)21(25)16-28-20-13-11-19(12-14-20)27-6-2/h7-14H,5-6,15-16H2,1-4H3. The highest BCUT2D eigenvalue weighted by Gasteiger charge is 2.14. The lowest BCUT2D eigenvalue weighted by Crippen LogP contribution is -2.31. The van der Waals surface area contributed by atoms with Crippen LogP contribution in [0.3, 0.4) is 0 Å². The number of hydrogen-bond acceptors (Lipinski definition) is 4. The van der Waals surface area contributed by atoms with Crippen LogP contribution in [0, 0.1) is 0 Å². The van der Waals surface area contributed by atoms with Crippen LogP contribution in [0.1, 0.15) is 29.8 Å². The summed E-state index contributed by atoms with van der Waals surface area (Å²) in [5, 5.41) is 0. The smallest absolute Gasteiger partial charge is 0.253 e. The van der Waals surface area contributed by atoms with Crippen molar-refractivity contribution < 1.29 is 14.3 Å². The van der Waals surface area contributed by atoms with Crippen molar-refractivity contribution in [1.82, 2.24) is 9.80 Å². The van der Waals surface area contributed by atoms with Crippen LogP contribution in [0.25, 0.3) is 0 Å². The zero-order valence-corrected chi connectivity index (χ0v) is 17.8. The topological polar surface area (TPSA) is 49.9 Å². The van der Waals surface area contributed by atoms with Crippen molar-refractivity contribution in [2.75, 3.05) is 33.0 Å². The molecule has 2 rings (SSSR count). The number of benzene rings is 2. The molecule has 0 spiro atoms. The van der Waals surface area contributed by atoms with Gasteiger partial charge < -0.3 is 14.5 Å². The molecule has 0 fully saturated rings. The summed E-state index contributed by atoms with van der Waals surface area (Å²) in [6.07, 6.45) is 0. The van der Waals surface area contributed by atoms with Crippen molar-refractivity contribution in [2.24, 2.45) is 0 Å². The van der Waals surface area contributed by atoms with Crippen LogP contribution in [0.15, 0.2) is 53.4 Å². The maximum Gasteiger partial charge on any atom is 0.253 e. The van der Waals surface area contributed by atoms with E-state index < -0.39 is 0 Å². The number of ether oxygens (including phenoxy) is 1. The van der Waals surface area contributed by atoms with Crippen molar-refractivity contribution in [3.8, 4) is 5.75 Å². The van der Waals surface area contributed by atoms with Gasteiger partial charge in [-0.15, -0.1) is 11.8 Å². The van der Waals surface area contributed by atoms with E-state index in [-0.39, 0.29) is 11.8 Å². The Balaban J connectivity index is 1.91. The molecule has 0 N–H and O–H groups in total. The van der Waals surface area contributed by atoms with Gasteiger partial charge in [-0.1, -0.05) is 12.1 Å². The lowest BCUT2D eigenvalue weighted by Gasteiger charge is -2.21. The quantitative estimate of drug-likeness (QED) is 0.599. The van der Waals surface area contributed by atoms with Gasteiger partial charge in [0, 0.05) is 37.6 Å². The van der Waals surface area contributed by atoms with Crippen LogP contribution in [0.5, 0.6) is 5.75 Å². The van der Waals surface area contributed by atoms with E-state index in [4.69, 9.17) is 4.74 Å². The first-order chi connectivity index (χ1) is 13.4. The van der Waals surface area contributed by atoms with Crippen LogP contribution in [0.2, 0.25) is 0 Å². The Labute approximate surface area is 171 Å². The second-order valence-corrected chi connectivity index (χ2v) is 7.55. The molecule has 28 heavy (non-hydrogen) atoms. The SMILES string of the molecule is CCOc1ccc(SCC(=O)N(CC)Cc2ccc(C(=O)N(C)C)cc2)cc1. The molecule has 0 atom stereocenters. The molecule has 0 heterocycles. The molecule has 0 aromatic heterocycles. The van der Waals surface area contributed by atoms with Gasteiger partial charge in [-0.25, -0.2) is 0 Å². The molecule has 150 valence electrons. The van der Waals surface area contributed by atoms with E-state index in [0.29, 0.717) is 31.0 Å². The highest BCUT2D eigenvalue weighted by atomic mass is 32.2. The average molecular weight is 401 g/mol. The molecular formula is C22H28N2O3S. The first-order valence-corrected chi connectivity index (χ1v) is 10.4. The molecule has 0 saturated heterocycles. The number of hydrogen-bond donors (Lipinski definition) is 0. The Morgan fingerprint density at radius 1 is 0.964 bits per heavy atom. The molecule has 5 nitrogen and oxygen atoms in total. The number of thioether (sulfide) groups is 1. The number of carbonyl (C=O) groups excluding carboxylic acids is 2. The predicted molar refractivity (Wildman–Crippen MR) is 114 cm³/mol. The van der Waals surface area contributed by atoms with Gasteiger partial charge in [0.2, 0.25) is 5.91 Å². The van der Waals surface area contributed by atoms with Gasteiger partial charge in [0.05, 0.1) is 12.4 Å². The third-order valence-electron chi connectivity index (χ3n) is 4.21. The minimum Gasteiger partial charge on any atom is -0.494 e. The number of amides is 2.